The first kappa shape index (κ1) is 25.7. The molecule has 1 heterocycles. The lowest BCUT2D eigenvalue weighted by Gasteiger charge is -2.06. The molecule has 186 valence electrons. The summed E-state index contributed by atoms with van der Waals surface area (Å²) in [6, 6.07) is 20.7. The molecule has 0 atom stereocenters. The Morgan fingerprint density at radius 1 is 1.03 bits per heavy atom. The second-order valence-electron chi connectivity index (χ2n) is 7.72. The van der Waals surface area contributed by atoms with E-state index in [4.69, 9.17) is 21.1 Å². The molecule has 0 saturated carbocycles. The standard InChI is InChI=1S/C26H23ClN2O5S2/c1-3-36(31,32)22-13-7-17(8-14-22)15-23(30)28-26-29-24(18-5-4-6-19(27)16-18)25(35-26)34-21-11-9-20(33-2)10-12-21/h4-14,16H,3,15H2,1-2H3,(H,28,29,30). The van der Waals surface area contributed by atoms with Gasteiger partial charge in [0.1, 0.15) is 17.2 Å². The maximum atomic E-state index is 12.7. The summed E-state index contributed by atoms with van der Waals surface area (Å²) in [5.74, 6) is 1.02. The molecular weight excluding hydrogens is 520 g/mol. The molecule has 1 aromatic heterocycles. The normalized spacial score (nSPS) is 11.2. The van der Waals surface area contributed by atoms with E-state index in [1.165, 1.54) is 23.5 Å². The van der Waals surface area contributed by atoms with E-state index in [1.54, 1.807) is 62.6 Å². The number of methoxy groups -OCH3 is 1. The average molecular weight is 543 g/mol. The molecule has 1 N–H and O–H groups in total. The van der Waals surface area contributed by atoms with Crippen LogP contribution in [0.15, 0.2) is 77.7 Å². The second-order valence-corrected chi connectivity index (χ2v) is 11.4. The van der Waals surface area contributed by atoms with E-state index < -0.39 is 9.84 Å². The Morgan fingerprint density at radius 2 is 1.72 bits per heavy atom. The van der Waals surface area contributed by atoms with Crippen molar-refractivity contribution in [3.63, 3.8) is 0 Å². The fourth-order valence-corrected chi connectivity index (χ4v) is 5.28. The second kappa shape index (κ2) is 11.1. The van der Waals surface area contributed by atoms with Crippen LogP contribution in [0.1, 0.15) is 12.5 Å². The SMILES string of the molecule is CCS(=O)(=O)c1ccc(CC(=O)Nc2nc(-c3cccc(Cl)c3)c(Oc3ccc(OC)cc3)s2)cc1. The molecule has 3 aromatic carbocycles. The molecule has 0 unspecified atom stereocenters. The highest BCUT2D eigenvalue weighted by molar-refractivity contribution is 7.91. The topological polar surface area (TPSA) is 94.6 Å². The number of amides is 1. The number of rotatable bonds is 9. The minimum absolute atomic E-state index is 0.0206. The highest BCUT2D eigenvalue weighted by atomic mass is 35.5. The van der Waals surface area contributed by atoms with E-state index in [0.29, 0.717) is 38.0 Å². The van der Waals surface area contributed by atoms with E-state index in [9.17, 15) is 13.2 Å². The number of anilines is 1. The van der Waals surface area contributed by atoms with Crippen LogP contribution in [0, 0.1) is 0 Å². The highest BCUT2D eigenvalue weighted by Crippen LogP contribution is 2.41. The maximum Gasteiger partial charge on any atom is 0.230 e. The minimum atomic E-state index is -3.29. The number of sulfone groups is 1. The van der Waals surface area contributed by atoms with E-state index in [2.05, 4.69) is 10.3 Å². The molecule has 0 saturated heterocycles. The molecule has 1 amide bonds. The van der Waals surface area contributed by atoms with Gasteiger partial charge in [-0.2, -0.15) is 0 Å². The number of ether oxygens (including phenoxy) is 2. The summed E-state index contributed by atoms with van der Waals surface area (Å²) in [6.07, 6.45) is 0.0627. The third kappa shape index (κ3) is 6.23. The summed E-state index contributed by atoms with van der Waals surface area (Å²) in [4.78, 5) is 17.5. The van der Waals surface area contributed by atoms with Crippen molar-refractivity contribution in [2.45, 2.75) is 18.2 Å². The Hall–Kier alpha value is -3.40. The van der Waals surface area contributed by atoms with Gasteiger partial charge in [-0.15, -0.1) is 0 Å². The first-order valence-corrected chi connectivity index (χ1v) is 13.8. The van der Waals surface area contributed by atoms with Gasteiger partial charge >= 0.3 is 0 Å². The van der Waals surface area contributed by atoms with Gasteiger partial charge in [-0.3, -0.25) is 4.79 Å². The van der Waals surface area contributed by atoms with Crippen LogP contribution in [-0.2, 0) is 21.1 Å². The van der Waals surface area contributed by atoms with Gasteiger partial charge in [0.05, 0.1) is 24.2 Å². The van der Waals surface area contributed by atoms with E-state index in [-0.39, 0.29) is 23.0 Å². The lowest BCUT2D eigenvalue weighted by atomic mass is 10.1. The number of nitrogens with zero attached hydrogens (tertiary/aromatic N) is 1. The van der Waals surface area contributed by atoms with Crippen molar-refractivity contribution in [1.82, 2.24) is 4.98 Å². The molecule has 0 aliphatic heterocycles. The van der Waals surface area contributed by atoms with Gasteiger partial charge in [-0.25, -0.2) is 13.4 Å². The van der Waals surface area contributed by atoms with Crippen molar-refractivity contribution in [1.29, 1.82) is 0 Å². The van der Waals surface area contributed by atoms with Crippen molar-refractivity contribution >= 4 is 43.8 Å². The molecule has 4 rings (SSSR count). The summed E-state index contributed by atoms with van der Waals surface area (Å²) in [6.45, 7) is 1.59. The summed E-state index contributed by atoms with van der Waals surface area (Å²) in [5, 5.41) is 4.22. The molecule has 0 aliphatic carbocycles. The Morgan fingerprint density at radius 3 is 2.36 bits per heavy atom. The zero-order chi connectivity index (χ0) is 25.7. The zero-order valence-electron chi connectivity index (χ0n) is 19.5. The van der Waals surface area contributed by atoms with Crippen molar-refractivity contribution < 1.29 is 22.7 Å². The molecule has 7 nitrogen and oxygen atoms in total. The largest absolute Gasteiger partial charge is 0.497 e. The van der Waals surface area contributed by atoms with E-state index in [0.717, 1.165) is 5.56 Å². The molecule has 0 aliphatic rings. The molecule has 10 heteroatoms. The van der Waals surface area contributed by atoms with Crippen molar-refractivity contribution in [3.8, 4) is 27.8 Å². The quantitative estimate of drug-likeness (QED) is 0.269. The maximum absolute atomic E-state index is 12.7. The number of hydrogen-bond acceptors (Lipinski definition) is 7. The molecule has 0 fully saturated rings. The summed E-state index contributed by atoms with van der Waals surface area (Å²) in [5.41, 5.74) is 1.97. The van der Waals surface area contributed by atoms with E-state index >= 15 is 0 Å². The third-order valence-electron chi connectivity index (χ3n) is 5.24. The van der Waals surface area contributed by atoms with Crippen LogP contribution in [0.3, 0.4) is 0 Å². The van der Waals surface area contributed by atoms with Gasteiger partial charge in [0.2, 0.25) is 11.0 Å². The smallest absolute Gasteiger partial charge is 0.230 e. The number of thiazole rings is 1. The predicted molar refractivity (Wildman–Crippen MR) is 142 cm³/mol. The molecule has 0 bridgehead atoms. The van der Waals surface area contributed by atoms with Crippen LogP contribution in [-0.4, -0.2) is 32.2 Å². The number of halogens is 1. The first-order valence-electron chi connectivity index (χ1n) is 11.0. The number of nitrogens with one attached hydrogen (secondary N) is 1. The van der Waals surface area contributed by atoms with Gasteiger partial charge in [0.15, 0.2) is 15.0 Å². The predicted octanol–water partition coefficient (Wildman–Crippen LogP) is 6.24. The van der Waals surface area contributed by atoms with Crippen LogP contribution >= 0.6 is 22.9 Å². The Kier molecular flexibility index (Phi) is 7.93. The fourth-order valence-electron chi connectivity index (χ4n) is 3.33. The minimum Gasteiger partial charge on any atom is -0.497 e. The summed E-state index contributed by atoms with van der Waals surface area (Å²) >= 11 is 7.38. The average Bonchev–Trinajstić information content (AvgIpc) is 3.26. The van der Waals surface area contributed by atoms with Crippen molar-refractivity contribution in [2.24, 2.45) is 0 Å². The van der Waals surface area contributed by atoms with Gasteiger partial charge < -0.3 is 14.8 Å². The Balaban J connectivity index is 1.55. The lowest BCUT2D eigenvalue weighted by molar-refractivity contribution is -0.115. The van der Waals surface area contributed by atoms with Crippen molar-refractivity contribution in [2.75, 3.05) is 18.2 Å². The Labute approximate surface area is 218 Å². The molecule has 0 spiro atoms. The summed E-state index contributed by atoms with van der Waals surface area (Å²) in [7, 11) is -1.70. The number of benzene rings is 3. The number of carbonyl (C=O) groups is 1. The lowest BCUT2D eigenvalue weighted by Crippen LogP contribution is -2.14. The van der Waals surface area contributed by atoms with Crippen LogP contribution in [0.5, 0.6) is 16.6 Å². The number of carbonyl (C=O) groups excluding carboxylic acids is 1. The van der Waals surface area contributed by atoms with E-state index in [1.807, 2.05) is 12.1 Å². The highest BCUT2D eigenvalue weighted by Gasteiger charge is 2.18. The van der Waals surface area contributed by atoms with Crippen LogP contribution in [0.4, 0.5) is 5.13 Å². The van der Waals surface area contributed by atoms with Gasteiger partial charge in [0, 0.05) is 10.6 Å². The first-order chi connectivity index (χ1) is 17.3. The van der Waals surface area contributed by atoms with Gasteiger partial charge in [0.25, 0.3) is 0 Å². The number of hydrogen-bond donors (Lipinski definition) is 1. The number of aromatic nitrogens is 1. The summed E-state index contributed by atoms with van der Waals surface area (Å²) < 4.78 is 35.3. The molecular formula is C26H23ClN2O5S2. The molecule has 36 heavy (non-hydrogen) atoms. The van der Waals surface area contributed by atoms with Gasteiger partial charge in [-0.1, -0.05) is 54.1 Å². The fraction of sp³-hybridized carbons (Fsp3) is 0.154. The zero-order valence-corrected chi connectivity index (χ0v) is 21.9. The van der Waals surface area contributed by atoms with Crippen LogP contribution in [0.2, 0.25) is 5.02 Å². The van der Waals surface area contributed by atoms with Gasteiger partial charge in [-0.05, 0) is 54.1 Å². The third-order valence-corrected chi connectivity index (χ3v) is 8.07. The van der Waals surface area contributed by atoms with Crippen LogP contribution in [0.25, 0.3) is 11.3 Å². The Bertz CT molecular complexity index is 1470. The van der Waals surface area contributed by atoms with Crippen molar-refractivity contribution in [3.05, 3.63) is 83.4 Å². The molecule has 4 aromatic rings. The van der Waals surface area contributed by atoms with Crippen LogP contribution < -0.4 is 14.8 Å². The monoisotopic (exact) mass is 542 g/mol. The molecule has 0 radical (unpaired) electrons.